The fourth-order valence-electron chi connectivity index (χ4n) is 4.10. The van der Waals surface area contributed by atoms with Crippen LogP contribution in [0.5, 0.6) is 5.75 Å². The molecule has 2 N–H and O–H groups in total. The summed E-state index contributed by atoms with van der Waals surface area (Å²) < 4.78 is 43.7. The summed E-state index contributed by atoms with van der Waals surface area (Å²) in [7, 11) is -0.426. The number of nitrogens with zero attached hydrogens (tertiary/aromatic N) is 5. The van der Waals surface area contributed by atoms with Gasteiger partial charge in [-0.05, 0) is 24.3 Å². The number of carbonyl (C=O) groups is 3. The highest BCUT2D eigenvalue weighted by Gasteiger charge is 2.55. The van der Waals surface area contributed by atoms with Crippen LogP contribution in [0.15, 0.2) is 24.3 Å². The van der Waals surface area contributed by atoms with Crippen molar-refractivity contribution >= 4 is 28.3 Å². The number of amides is 3. The van der Waals surface area contributed by atoms with Gasteiger partial charge in [-0.15, -0.1) is 4.28 Å². The van der Waals surface area contributed by atoms with E-state index in [2.05, 4.69) is 9.38 Å². The molecule has 0 saturated carbocycles. The van der Waals surface area contributed by atoms with Crippen molar-refractivity contribution in [2.24, 2.45) is 7.05 Å². The highest BCUT2D eigenvalue weighted by molar-refractivity contribution is 7.80. The molecule has 3 heterocycles. The minimum absolute atomic E-state index is 0.0789. The molecule has 1 aromatic heterocycles. The summed E-state index contributed by atoms with van der Waals surface area (Å²) in [5, 5.41) is 13.9. The van der Waals surface area contributed by atoms with Crippen molar-refractivity contribution in [1.29, 1.82) is 0 Å². The van der Waals surface area contributed by atoms with Gasteiger partial charge in [0.2, 0.25) is 0 Å². The summed E-state index contributed by atoms with van der Waals surface area (Å²) in [5.41, 5.74) is 1.09. The third kappa shape index (κ3) is 4.04. The standard InChI is InChI=1S/C19H21N5O9S/c1-21(2)17(25)16-15-14(13-8-23(16)19(28)24(13)33-34(29,30)31)12(20-22(15)3)9-32-11-6-4-10(5-7-11)18(26)27/h4-7,13,16H,8-9H2,1-3H3,(H,26,27)(H,29,30,31). The molecule has 0 aliphatic carbocycles. The lowest BCUT2D eigenvalue weighted by atomic mass is 9.94. The molecule has 182 valence electrons. The number of carboxylic acid groups (broad SMARTS) is 1. The molecule has 2 aliphatic rings. The Morgan fingerprint density at radius 2 is 1.88 bits per heavy atom. The molecule has 0 radical (unpaired) electrons. The van der Waals surface area contributed by atoms with Crippen LogP contribution in [-0.4, -0.2) is 81.3 Å². The molecule has 2 unspecified atom stereocenters. The highest BCUT2D eigenvalue weighted by atomic mass is 32.3. The fraction of sp³-hybridized carbons (Fsp3) is 0.368. The monoisotopic (exact) mass is 495 g/mol. The molecule has 0 spiro atoms. The number of rotatable bonds is 7. The van der Waals surface area contributed by atoms with Crippen LogP contribution in [0.2, 0.25) is 0 Å². The summed E-state index contributed by atoms with van der Waals surface area (Å²) in [4.78, 5) is 39.4. The number of fused-ring (bicyclic) bond motifs is 4. The molecule has 4 rings (SSSR count). The van der Waals surface area contributed by atoms with Gasteiger partial charge >= 0.3 is 22.4 Å². The molecule has 2 atom stereocenters. The summed E-state index contributed by atoms with van der Waals surface area (Å²) >= 11 is 0. The normalized spacial score (nSPS) is 19.2. The number of aryl methyl sites for hydroxylation is 1. The number of carbonyl (C=O) groups excluding carboxylic acids is 2. The van der Waals surface area contributed by atoms with Crippen LogP contribution in [0.4, 0.5) is 4.79 Å². The first kappa shape index (κ1) is 23.5. The molecule has 15 heteroatoms. The maximum atomic E-state index is 13.0. The van der Waals surface area contributed by atoms with Crippen molar-refractivity contribution in [1.82, 2.24) is 24.6 Å². The van der Waals surface area contributed by atoms with Crippen LogP contribution in [0.25, 0.3) is 0 Å². The summed E-state index contributed by atoms with van der Waals surface area (Å²) in [5.74, 6) is -1.19. The Morgan fingerprint density at radius 3 is 2.44 bits per heavy atom. The van der Waals surface area contributed by atoms with Crippen molar-refractivity contribution in [3.05, 3.63) is 46.8 Å². The number of hydroxylamine groups is 2. The van der Waals surface area contributed by atoms with Crippen molar-refractivity contribution in [3.8, 4) is 5.75 Å². The zero-order chi connectivity index (χ0) is 24.9. The third-order valence-electron chi connectivity index (χ3n) is 5.52. The molecule has 3 amide bonds. The summed E-state index contributed by atoms with van der Waals surface area (Å²) in [6.45, 7) is -0.222. The average molecular weight is 495 g/mol. The minimum Gasteiger partial charge on any atom is -0.487 e. The molecule has 2 bridgehead atoms. The molecule has 1 fully saturated rings. The second-order valence-corrected chi connectivity index (χ2v) is 8.91. The Hall–Kier alpha value is -3.69. The lowest BCUT2D eigenvalue weighted by Crippen LogP contribution is -2.44. The van der Waals surface area contributed by atoms with Crippen molar-refractivity contribution in [2.75, 3.05) is 20.6 Å². The number of hydrogen-bond acceptors (Lipinski definition) is 8. The highest BCUT2D eigenvalue weighted by Crippen LogP contribution is 2.46. The second-order valence-electron chi connectivity index (χ2n) is 7.90. The van der Waals surface area contributed by atoms with Crippen molar-refractivity contribution < 1.29 is 41.5 Å². The minimum atomic E-state index is -5.03. The first-order valence-corrected chi connectivity index (χ1v) is 11.3. The first-order chi connectivity index (χ1) is 15.9. The van der Waals surface area contributed by atoms with Crippen LogP contribution in [0.1, 0.15) is 39.4 Å². The number of urea groups is 1. The topological polar surface area (TPSA) is 172 Å². The number of aromatic carboxylic acids is 1. The molecule has 2 aromatic rings. The van der Waals surface area contributed by atoms with E-state index in [1.54, 1.807) is 7.05 Å². The Balaban J connectivity index is 1.73. The number of carboxylic acids is 1. The molecule has 1 aromatic carbocycles. The van der Waals surface area contributed by atoms with Gasteiger partial charge < -0.3 is 19.6 Å². The Bertz CT molecular complexity index is 1270. The SMILES string of the molecule is CN(C)C(=O)C1c2c(c(COc3ccc(C(=O)O)cc3)nn2C)C2CN1C(=O)N2OS(=O)(=O)O. The maximum Gasteiger partial charge on any atom is 0.418 e. The fourth-order valence-corrected chi connectivity index (χ4v) is 4.47. The maximum absolute atomic E-state index is 13.0. The predicted molar refractivity (Wildman–Crippen MR) is 112 cm³/mol. The van der Waals surface area contributed by atoms with Gasteiger partial charge in [-0.3, -0.25) is 14.0 Å². The van der Waals surface area contributed by atoms with Crippen LogP contribution < -0.4 is 4.74 Å². The zero-order valence-electron chi connectivity index (χ0n) is 18.3. The number of aromatic nitrogens is 2. The summed E-state index contributed by atoms with van der Waals surface area (Å²) in [6, 6.07) is 2.66. The van der Waals surface area contributed by atoms with Crippen molar-refractivity contribution in [3.63, 3.8) is 0 Å². The Labute approximate surface area is 193 Å². The zero-order valence-corrected chi connectivity index (χ0v) is 19.1. The first-order valence-electron chi connectivity index (χ1n) is 9.89. The number of hydrogen-bond donors (Lipinski definition) is 2. The quantitative estimate of drug-likeness (QED) is 0.511. The lowest BCUT2D eigenvalue weighted by Gasteiger charge is -2.32. The smallest absolute Gasteiger partial charge is 0.418 e. The van der Waals surface area contributed by atoms with E-state index in [1.165, 1.54) is 47.9 Å². The third-order valence-corrected chi connectivity index (χ3v) is 5.87. The molecule has 2 aliphatic heterocycles. The van der Waals surface area contributed by atoms with Crippen LogP contribution in [0.3, 0.4) is 0 Å². The van der Waals surface area contributed by atoms with Gasteiger partial charge in [0, 0.05) is 26.7 Å². The largest absolute Gasteiger partial charge is 0.487 e. The molecular weight excluding hydrogens is 474 g/mol. The van der Waals surface area contributed by atoms with E-state index in [-0.39, 0.29) is 18.7 Å². The summed E-state index contributed by atoms with van der Waals surface area (Å²) in [6.07, 6.45) is 0. The van der Waals surface area contributed by atoms with Gasteiger partial charge in [-0.2, -0.15) is 18.6 Å². The van der Waals surface area contributed by atoms with E-state index < -0.39 is 40.4 Å². The molecule has 1 saturated heterocycles. The second kappa shape index (κ2) is 8.27. The number of likely N-dealkylation sites (N-methyl/N-ethyl adjacent to an activating group) is 1. The van der Waals surface area contributed by atoms with E-state index in [4.69, 9.17) is 9.84 Å². The van der Waals surface area contributed by atoms with Crippen molar-refractivity contribution in [2.45, 2.75) is 18.7 Å². The number of benzene rings is 1. The molecule has 14 nitrogen and oxygen atoms in total. The number of ether oxygens (including phenoxy) is 1. The van der Waals surface area contributed by atoms with E-state index >= 15 is 0 Å². The van der Waals surface area contributed by atoms with Crippen LogP contribution >= 0.6 is 0 Å². The molecular formula is C19H21N5O9S. The van der Waals surface area contributed by atoms with Gasteiger partial charge in [0.05, 0.1) is 17.8 Å². The van der Waals surface area contributed by atoms with E-state index in [1.807, 2.05) is 0 Å². The van der Waals surface area contributed by atoms with Gasteiger partial charge in [-0.1, -0.05) is 0 Å². The Morgan fingerprint density at radius 1 is 1.24 bits per heavy atom. The van der Waals surface area contributed by atoms with E-state index in [9.17, 15) is 27.4 Å². The van der Waals surface area contributed by atoms with E-state index in [0.717, 1.165) is 4.90 Å². The van der Waals surface area contributed by atoms with Gasteiger partial charge in [0.15, 0.2) is 6.04 Å². The molecule has 34 heavy (non-hydrogen) atoms. The Kier molecular flexibility index (Phi) is 5.71. The predicted octanol–water partition coefficient (Wildman–Crippen LogP) is 0.353. The average Bonchev–Trinajstić information content (AvgIpc) is 3.22. The van der Waals surface area contributed by atoms with Gasteiger partial charge in [0.25, 0.3) is 5.91 Å². The van der Waals surface area contributed by atoms with Crippen LogP contribution in [-0.2, 0) is 33.1 Å². The van der Waals surface area contributed by atoms with E-state index in [0.29, 0.717) is 27.8 Å². The lowest BCUT2D eigenvalue weighted by molar-refractivity contribution is -0.134. The van der Waals surface area contributed by atoms with Gasteiger partial charge in [-0.25, -0.2) is 9.59 Å². The van der Waals surface area contributed by atoms with Crippen LogP contribution in [0, 0.1) is 0 Å². The van der Waals surface area contributed by atoms with Gasteiger partial charge in [0.1, 0.15) is 24.1 Å².